The van der Waals surface area contributed by atoms with E-state index in [1.807, 2.05) is 6.07 Å². The molecule has 0 fully saturated rings. The molecular weight excluding hydrogens is 264 g/mol. The van der Waals surface area contributed by atoms with Crippen molar-refractivity contribution in [3.8, 4) is 0 Å². The molecule has 0 aliphatic heterocycles. The zero-order chi connectivity index (χ0) is 15.1. The average Bonchev–Trinajstić information content (AvgIpc) is 2.42. The van der Waals surface area contributed by atoms with E-state index in [0.717, 1.165) is 17.0 Å². The third-order valence-electron chi connectivity index (χ3n) is 3.61. The molecule has 0 aliphatic carbocycles. The Morgan fingerprint density at radius 1 is 1.30 bits per heavy atom. The van der Waals surface area contributed by atoms with E-state index in [1.165, 1.54) is 41.5 Å². The molecule has 0 amide bonds. The van der Waals surface area contributed by atoms with Gasteiger partial charge in [0, 0.05) is 5.02 Å². The van der Waals surface area contributed by atoms with Gasteiger partial charge in [-0.3, -0.25) is 0 Å². The molecule has 1 heteroatoms. The van der Waals surface area contributed by atoms with Gasteiger partial charge in [0.1, 0.15) is 0 Å². The Kier molecular flexibility index (Phi) is 6.81. The first-order chi connectivity index (χ1) is 9.54. The Morgan fingerprint density at radius 2 is 2.00 bits per heavy atom. The maximum atomic E-state index is 6.22. The molecule has 1 rings (SSSR count). The minimum absolute atomic E-state index is 0.758. The van der Waals surface area contributed by atoms with Crippen LogP contribution in [-0.2, 0) is 0 Å². The van der Waals surface area contributed by atoms with Crippen molar-refractivity contribution in [2.75, 3.05) is 0 Å². The first kappa shape index (κ1) is 16.8. The van der Waals surface area contributed by atoms with Crippen LogP contribution in [0.2, 0.25) is 5.02 Å². The smallest absolute Gasteiger partial charge is 0.0481 e. The van der Waals surface area contributed by atoms with Crippen LogP contribution in [0, 0.1) is 6.92 Å². The van der Waals surface area contributed by atoms with Gasteiger partial charge in [0.25, 0.3) is 0 Å². The second kappa shape index (κ2) is 8.11. The molecule has 0 aromatic heterocycles. The Morgan fingerprint density at radius 3 is 2.55 bits per heavy atom. The van der Waals surface area contributed by atoms with Crippen molar-refractivity contribution in [1.82, 2.24) is 0 Å². The van der Waals surface area contributed by atoms with Crippen LogP contribution in [0.1, 0.15) is 56.2 Å². The minimum Gasteiger partial charge on any atom is -0.0984 e. The maximum absolute atomic E-state index is 6.22. The number of rotatable bonds is 7. The molecule has 0 atom stereocenters. The molecule has 20 heavy (non-hydrogen) atoms. The summed E-state index contributed by atoms with van der Waals surface area (Å²) in [5.41, 5.74) is 5.83. The van der Waals surface area contributed by atoms with Crippen LogP contribution < -0.4 is 0 Å². The van der Waals surface area contributed by atoms with E-state index in [-0.39, 0.29) is 0 Å². The first-order valence-corrected chi connectivity index (χ1v) is 7.70. The van der Waals surface area contributed by atoms with Gasteiger partial charge in [-0.1, -0.05) is 56.7 Å². The molecule has 0 unspecified atom stereocenters. The van der Waals surface area contributed by atoms with Crippen LogP contribution in [0.5, 0.6) is 0 Å². The van der Waals surface area contributed by atoms with Crippen molar-refractivity contribution in [1.29, 1.82) is 0 Å². The molecule has 0 radical (unpaired) electrons. The van der Waals surface area contributed by atoms with Crippen LogP contribution >= 0.6 is 11.6 Å². The highest BCUT2D eigenvalue weighted by molar-refractivity contribution is 6.32. The third kappa shape index (κ3) is 4.11. The van der Waals surface area contributed by atoms with Gasteiger partial charge in [-0.05, 0) is 66.7 Å². The number of unbranched alkanes of at least 4 members (excludes halogenated alkanes) is 2. The number of allylic oxidation sites excluding steroid dienone is 3. The van der Waals surface area contributed by atoms with Crippen LogP contribution in [0.25, 0.3) is 11.6 Å². The quantitative estimate of drug-likeness (QED) is 0.381. The van der Waals surface area contributed by atoms with E-state index in [9.17, 15) is 0 Å². The standard InChI is InChI=1S/C19H25Cl/c1-6-9-10-11-14(4)17(8-3)18-13-16(7-2)19(20)12-15(18)5/h7-8,12-13H,2,4,6,9-11H2,1,3,5H3/b17-8-. The van der Waals surface area contributed by atoms with E-state index in [1.54, 1.807) is 6.08 Å². The highest BCUT2D eigenvalue weighted by Gasteiger charge is 2.10. The maximum Gasteiger partial charge on any atom is 0.0481 e. The fourth-order valence-corrected chi connectivity index (χ4v) is 2.70. The topological polar surface area (TPSA) is 0 Å². The number of benzene rings is 1. The number of aryl methyl sites for hydroxylation is 1. The lowest BCUT2D eigenvalue weighted by molar-refractivity contribution is 0.721. The van der Waals surface area contributed by atoms with Crippen LogP contribution in [0.15, 0.2) is 36.9 Å². The monoisotopic (exact) mass is 288 g/mol. The van der Waals surface area contributed by atoms with Gasteiger partial charge in [0.15, 0.2) is 0 Å². The third-order valence-corrected chi connectivity index (χ3v) is 3.93. The fraction of sp³-hybridized carbons (Fsp3) is 0.368. The molecule has 0 bridgehead atoms. The van der Waals surface area contributed by atoms with Gasteiger partial charge in [-0.15, -0.1) is 0 Å². The second-order valence-corrected chi connectivity index (χ2v) is 5.56. The van der Waals surface area contributed by atoms with E-state index >= 15 is 0 Å². The first-order valence-electron chi connectivity index (χ1n) is 7.32. The van der Waals surface area contributed by atoms with Crippen molar-refractivity contribution in [2.24, 2.45) is 0 Å². The molecule has 0 saturated carbocycles. The SMILES string of the molecule is C=Cc1cc(/C(=C\C)C(=C)CCCCC)c(C)cc1Cl. The van der Waals surface area contributed by atoms with E-state index in [0.29, 0.717) is 0 Å². The van der Waals surface area contributed by atoms with Gasteiger partial charge in [0.2, 0.25) is 0 Å². The molecule has 0 nitrogen and oxygen atoms in total. The second-order valence-electron chi connectivity index (χ2n) is 5.16. The lowest BCUT2D eigenvalue weighted by atomic mass is 9.91. The van der Waals surface area contributed by atoms with Crippen molar-refractivity contribution in [2.45, 2.75) is 46.5 Å². The summed E-state index contributed by atoms with van der Waals surface area (Å²) in [5.74, 6) is 0. The highest BCUT2D eigenvalue weighted by atomic mass is 35.5. The Hall–Kier alpha value is -1.27. The van der Waals surface area contributed by atoms with E-state index < -0.39 is 0 Å². The van der Waals surface area contributed by atoms with Crippen LogP contribution in [0.3, 0.4) is 0 Å². The summed E-state index contributed by atoms with van der Waals surface area (Å²) in [6.45, 7) is 14.5. The van der Waals surface area contributed by atoms with Gasteiger partial charge < -0.3 is 0 Å². The zero-order valence-corrected chi connectivity index (χ0v) is 13.7. The number of halogens is 1. The summed E-state index contributed by atoms with van der Waals surface area (Å²) in [7, 11) is 0. The van der Waals surface area contributed by atoms with Gasteiger partial charge in [0.05, 0.1) is 0 Å². The highest BCUT2D eigenvalue weighted by Crippen LogP contribution is 2.32. The van der Waals surface area contributed by atoms with Crippen molar-refractivity contribution >= 4 is 23.3 Å². The van der Waals surface area contributed by atoms with Crippen LogP contribution in [0.4, 0.5) is 0 Å². The van der Waals surface area contributed by atoms with Crippen molar-refractivity contribution in [3.63, 3.8) is 0 Å². The normalized spacial score (nSPS) is 11.5. The van der Waals surface area contributed by atoms with Crippen LogP contribution in [-0.4, -0.2) is 0 Å². The number of hydrogen-bond acceptors (Lipinski definition) is 0. The predicted molar refractivity (Wildman–Crippen MR) is 93.2 cm³/mol. The van der Waals surface area contributed by atoms with E-state index in [2.05, 4.69) is 46.1 Å². The summed E-state index contributed by atoms with van der Waals surface area (Å²) >= 11 is 6.22. The molecule has 0 aliphatic rings. The summed E-state index contributed by atoms with van der Waals surface area (Å²) < 4.78 is 0. The molecular formula is C19H25Cl. The largest absolute Gasteiger partial charge is 0.0984 e. The van der Waals surface area contributed by atoms with Crippen molar-refractivity contribution < 1.29 is 0 Å². The lowest BCUT2D eigenvalue weighted by Crippen LogP contribution is -1.95. The Labute approximate surface area is 128 Å². The summed E-state index contributed by atoms with van der Waals surface area (Å²) in [5, 5.41) is 0.758. The summed E-state index contributed by atoms with van der Waals surface area (Å²) in [6.07, 6.45) is 8.70. The number of hydrogen-bond donors (Lipinski definition) is 0. The zero-order valence-electron chi connectivity index (χ0n) is 12.9. The summed E-state index contributed by atoms with van der Waals surface area (Å²) in [6, 6.07) is 4.13. The van der Waals surface area contributed by atoms with Gasteiger partial charge in [-0.25, -0.2) is 0 Å². The molecule has 108 valence electrons. The average molecular weight is 289 g/mol. The molecule has 0 heterocycles. The van der Waals surface area contributed by atoms with Gasteiger partial charge >= 0.3 is 0 Å². The van der Waals surface area contributed by atoms with E-state index in [4.69, 9.17) is 11.6 Å². The molecule has 0 spiro atoms. The summed E-state index contributed by atoms with van der Waals surface area (Å²) in [4.78, 5) is 0. The fourth-order valence-electron chi connectivity index (χ4n) is 2.41. The van der Waals surface area contributed by atoms with Crippen molar-refractivity contribution in [3.05, 3.63) is 58.7 Å². The lowest BCUT2D eigenvalue weighted by Gasteiger charge is -2.15. The molecule has 1 aromatic rings. The minimum atomic E-state index is 0.758. The molecule has 1 aromatic carbocycles. The Bertz CT molecular complexity index is 521. The van der Waals surface area contributed by atoms with Gasteiger partial charge in [-0.2, -0.15) is 0 Å². The predicted octanol–water partition coefficient (Wildman–Crippen LogP) is 6.83. The molecule has 0 saturated heterocycles. The molecule has 0 N–H and O–H groups in total. The Balaban J connectivity index is 3.07.